The van der Waals surface area contributed by atoms with Crippen LogP contribution in [0.5, 0.6) is 0 Å². The van der Waals surface area contributed by atoms with Crippen molar-refractivity contribution in [1.29, 1.82) is 0 Å². The monoisotopic (exact) mass is 205 g/mol. The second-order valence-electron chi connectivity index (χ2n) is 4.53. The molecule has 0 aromatic heterocycles. The minimum Gasteiger partial charge on any atom is -0.394 e. The fraction of sp³-hybridized carbons (Fsp3) is 0.538. The first kappa shape index (κ1) is 10.5. The summed E-state index contributed by atoms with van der Waals surface area (Å²) in [6.07, 6.45) is 3.06. The lowest BCUT2D eigenvalue weighted by atomic mass is 9.84. The molecule has 0 amide bonds. The maximum absolute atomic E-state index is 9.50. The summed E-state index contributed by atoms with van der Waals surface area (Å²) in [6.45, 7) is 4.47. The molecule has 0 saturated heterocycles. The summed E-state index contributed by atoms with van der Waals surface area (Å²) in [4.78, 5) is 0. The van der Waals surface area contributed by atoms with Gasteiger partial charge in [0.05, 0.1) is 12.1 Å². The Morgan fingerprint density at radius 3 is 2.93 bits per heavy atom. The average Bonchev–Trinajstić information content (AvgIpc) is 2.29. The zero-order valence-corrected chi connectivity index (χ0v) is 9.51. The molecule has 0 aliphatic carbocycles. The minimum absolute atomic E-state index is 0.0981. The van der Waals surface area contributed by atoms with Crippen LogP contribution in [0.15, 0.2) is 18.2 Å². The summed E-state index contributed by atoms with van der Waals surface area (Å²) in [5.74, 6) is 0. The molecule has 0 radical (unpaired) electrons. The Morgan fingerprint density at radius 1 is 1.47 bits per heavy atom. The van der Waals surface area contributed by atoms with Gasteiger partial charge in [0.15, 0.2) is 0 Å². The van der Waals surface area contributed by atoms with E-state index >= 15 is 0 Å². The van der Waals surface area contributed by atoms with Gasteiger partial charge in [-0.05, 0) is 37.3 Å². The second-order valence-corrected chi connectivity index (χ2v) is 4.53. The van der Waals surface area contributed by atoms with Crippen molar-refractivity contribution in [2.75, 3.05) is 11.9 Å². The lowest BCUT2D eigenvalue weighted by Crippen LogP contribution is -2.44. The molecule has 1 aliphatic rings. The SMILES string of the molecule is CCC1(CO)CCc2cccc(C)c2N1. The van der Waals surface area contributed by atoms with Crippen LogP contribution in [0.4, 0.5) is 5.69 Å². The van der Waals surface area contributed by atoms with Crippen LogP contribution in [-0.2, 0) is 6.42 Å². The summed E-state index contributed by atoms with van der Waals surface area (Å²) in [5.41, 5.74) is 3.80. The van der Waals surface area contributed by atoms with Gasteiger partial charge in [-0.1, -0.05) is 25.1 Å². The Kier molecular flexibility index (Phi) is 2.70. The Hall–Kier alpha value is -1.02. The van der Waals surface area contributed by atoms with Crippen molar-refractivity contribution in [2.45, 2.75) is 38.6 Å². The van der Waals surface area contributed by atoms with Crippen LogP contribution in [0.1, 0.15) is 30.9 Å². The van der Waals surface area contributed by atoms with E-state index in [1.54, 1.807) is 0 Å². The highest BCUT2D eigenvalue weighted by Gasteiger charge is 2.31. The average molecular weight is 205 g/mol. The molecule has 1 atom stereocenters. The van der Waals surface area contributed by atoms with Crippen molar-refractivity contribution in [3.05, 3.63) is 29.3 Å². The number of hydrogen-bond acceptors (Lipinski definition) is 2. The normalized spacial score (nSPS) is 24.5. The van der Waals surface area contributed by atoms with Crippen LogP contribution in [0.2, 0.25) is 0 Å². The van der Waals surface area contributed by atoms with Gasteiger partial charge in [0.1, 0.15) is 0 Å². The highest BCUT2D eigenvalue weighted by atomic mass is 16.3. The third-order valence-electron chi connectivity index (χ3n) is 3.60. The standard InChI is InChI=1S/C13H19NO/c1-3-13(9-15)8-7-11-6-4-5-10(2)12(11)14-13/h4-6,14-15H,3,7-9H2,1-2H3. The van der Waals surface area contributed by atoms with E-state index in [2.05, 4.69) is 37.4 Å². The first-order valence-corrected chi connectivity index (χ1v) is 5.68. The molecule has 1 unspecified atom stereocenters. The maximum Gasteiger partial charge on any atom is 0.0661 e. The lowest BCUT2D eigenvalue weighted by Gasteiger charge is -2.38. The summed E-state index contributed by atoms with van der Waals surface area (Å²) >= 11 is 0. The summed E-state index contributed by atoms with van der Waals surface area (Å²) in [5, 5.41) is 13.0. The smallest absolute Gasteiger partial charge is 0.0661 e. The fourth-order valence-corrected chi connectivity index (χ4v) is 2.31. The fourth-order valence-electron chi connectivity index (χ4n) is 2.31. The van der Waals surface area contributed by atoms with Crippen LogP contribution in [0.25, 0.3) is 0 Å². The molecule has 82 valence electrons. The van der Waals surface area contributed by atoms with E-state index in [1.807, 2.05) is 0 Å². The van der Waals surface area contributed by atoms with E-state index in [0.29, 0.717) is 0 Å². The number of para-hydroxylation sites is 1. The number of nitrogens with one attached hydrogen (secondary N) is 1. The molecule has 1 heterocycles. The summed E-state index contributed by atoms with van der Waals surface area (Å²) in [7, 11) is 0. The zero-order valence-electron chi connectivity index (χ0n) is 9.51. The molecule has 0 bridgehead atoms. The van der Waals surface area contributed by atoms with Gasteiger partial charge in [0.2, 0.25) is 0 Å². The predicted octanol–water partition coefficient (Wildman–Crippen LogP) is 2.49. The van der Waals surface area contributed by atoms with Gasteiger partial charge in [-0.15, -0.1) is 0 Å². The molecule has 1 aromatic carbocycles. The van der Waals surface area contributed by atoms with Crippen LogP contribution < -0.4 is 5.32 Å². The number of anilines is 1. The van der Waals surface area contributed by atoms with Gasteiger partial charge in [0, 0.05) is 5.69 Å². The molecule has 2 heteroatoms. The van der Waals surface area contributed by atoms with Gasteiger partial charge in [-0.25, -0.2) is 0 Å². The predicted molar refractivity (Wildman–Crippen MR) is 63.2 cm³/mol. The van der Waals surface area contributed by atoms with Crippen molar-refractivity contribution in [2.24, 2.45) is 0 Å². The third-order valence-corrected chi connectivity index (χ3v) is 3.60. The number of rotatable bonds is 2. The number of aliphatic hydroxyl groups is 1. The van der Waals surface area contributed by atoms with E-state index in [9.17, 15) is 5.11 Å². The van der Waals surface area contributed by atoms with E-state index in [4.69, 9.17) is 0 Å². The first-order chi connectivity index (χ1) is 7.21. The molecule has 0 saturated carbocycles. The van der Waals surface area contributed by atoms with Crippen molar-refractivity contribution in [1.82, 2.24) is 0 Å². The molecule has 2 rings (SSSR count). The van der Waals surface area contributed by atoms with Gasteiger partial charge in [-0.2, -0.15) is 0 Å². The molecule has 0 fully saturated rings. The number of benzene rings is 1. The van der Waals surface area contributed by atoms with Crippen molar-refractivity contribution < 1.29 is 5.11 Å². The molecule has 1 aliphatic heterocycles. The lowest BCUT2D eigenvalue weighted by molar-refractivity contribution is 0.195. The van der Waals surface area contributed by atoms with Crippen molar-refractivity contribution >= 4 is 5.69 Å². The summed E-state index contributed by atoms with van der Waals surface area (Å²) in [6, 6.07) is 6.40. The number of fused-ring (bicyclic) bond motifs is 1. The van der Waals surface area contributed by atoms with Gasteiger partial charge >= 0.3 is 0 Å². The Morgan fingerprint density at radius 2 is 2.27 bits per heavy atom. The molecule has 0 spiro atoms. The van der Waals surface area contributed by atoms with Gasteiger partial charge < -0.3 is 10.4 Å². The molecule has 2 N–H and O–H groups in total. The van der Waals surface area contributed by atoms with Crippen LogP contribution >= 0.6 is 0 Å². The molecule has 15 heavy (non-hydrogen) atoms. The molecule has 1 aromatic rings. The zero-order chi connectivity index (χ0) is 10.9. The Bertz CT molecular complexity index is 356. The largest absolute Gasteiger partial charge is 0.394 e. The number of aliphatic hydroxyl groups excluding tert-OH is 1. The minimum atomic E-state index is -0.0981. The number of aryl methyl sites for hydroxylation is 2. The van der Waals surface area contributed by atoms with E-state index in [-0.39, 0.29) is 12.1 Å². The molecular formula is C13H19NO. The molecule has 2 nitrogen and oxygen atoms in total. The van der Waals surface area contributed by atoms with E-state index < -0.39 is 0 Å². The van der Waals surface area contributed by atoms with Gasteiger partial charge in [0.25, 0.3) is 0 Å². The Labute approximate surface area is 91.3 Å². The topological polar surface area (TPSA) is 32.3 Å². The maximum atomic E-state index is 9.50. The highest BCUT2D eigenvalue weighted by molar-refractivity contribution is 5.60. The third kappa shape index (κ3) is 1.74. The van der Waals surface area contributed by atoms with Crippen molar-refractivity contribution in [3.63, 3.8) is 0 Å². The van der Waals surface area contributed by atoms with Crippen LogP contribution in [-0.4, -0.2) is 17.3 Å². The summed E-state index contributed by atoms with van der Waals surface area (Å²) < 4.78 is 0. The highest BCUT2D eigenvalue weighted by Crippen LogP contribution is 2.34. The Balaban J connectivity index is 2.36. The van der Waals surface area contributed by atoms with Crippen molar-refractivity contribution in [3.8, 4) is 0 Å². The quantitative estimate of drug-likeness (QED) is 0.777. The van der Waals surface area contributed by atoms with Crippen LogP contribution in [0.3, 0.4) is 0 Å². The first-order valence-electron chi connectivity index (χ1n) is 5.68. The number of hydrogen-bond donors (Lipinski definition) is 2. The van der Waals surface area contributed by atoms with E-state index in [1.165, 1.54) is 16.8 Å². The molecular weight excluding hydrogens is 186 g/mol. The second kappa shape index (κ2) is 3.86. The van der Waals surface area contributed by atoms with Gasteiger partial charge in [-0.3, -0.25) is 0 Å². The van der Waals surface area contributed by atoms with E-state index in [0.717, 1.165) is 19.3 Å². The van der Waals surface area contributed by atoms with Crippen LogP contribution in [0, 0.1) is 6.92 Å².